The lowest BCUT2D eigenvalue weighted by Gasteiger charge is -2.02. The fourth-order valence-corrected chi connectivity index (χ4v) is 2.75. The lowest BCUT2D eigenvalue weighted by molar-refractivity contribution is 0.582. The van der Waals surface area contributed by atoms with Crippen LogP contribution in [-0.4, -0.2) is 20.2 Å². The van der Waals surface area contributed by atoms with Gasteiger partial charge in [-0.3, -0.25) is 0 Å². The number of anilines is 1. The molecule has 0 fully saturated rings. The number of benzene rings is 2. The number of fused-ring (bicyclic) bond motifs is 1. The van der Waals surface area contributed by atoms with E-state index >= 15 is 0 Å². The van der Waals surface area contributed by atoms with Gasteiger partial charge >= 0.3 is 0 Å². The fourth-order valence-electron chi connectivity index (χ4n) is 2.26. The number of halogens is 2. The highest BCUT2D eigenvalue weighted by Crippen LogP contribution is 2.32. The second-order valence-electron chi connectivity index (χ2n) is 4.98. The van der Waals surface area contributed by atoms with Gasteiger partial charge in [0.1, 0.15) is 0 Å². The lowest BCUT2D eigenvalue weighted by Crippen LogP contribution is -1.98. The summed E-state index contributed by atoms with van der Waals surface area (Å²) in [6, 6.07) is 12.4. The van der Waals surface area contributed by atoms with Crippen molar-refractivity contribution in [2.24, 2.45) is 0 Å². The number of hydrogen-bond acceptors (Lipinski definition) is 6. The number of aromatic nitrogens is 4. The van der Waals surface area contributed by atoms with Crippen LogP contribution in [0.15, 0.2) is 46.9 Å². The zero-order valence-electron chi connectivity index (χ0n) is 12.1. The van der Waals surface area contributed by atoms with Gasteiger partial charge in [0.25, 0.3) is 5.89 Å². The molecule has 0 aliphatic rings. The number of nitrogens with zero attached hydrogens (tertiary/aromatic N) is 4. The Morgan fingerprint density at radius 1 is 0.875 bits per heavy atom. The monoisotopic (exact) mass is 357 g/mol. The highest BCUT2D eigenvalue weighted by Gasteiger charge is 2.17. The summed E-state index contributed by atoms with van der Waals surface area (Å²) in [5.74, 6) is 0.638. The first-order valence-corrected chi connectivity index (χ1v) is 7.69. The van der Waals surface area contributed by atoms with Gasteiger partial charge in [0.05, 0.1) is 21.6 Å². The van der Waals surface area contributed by atoms with Crippen LogP contribution in [-0.2, 0) is 0 Å². The largest absolute Gasteiger partial charge is 0.414 e. The Hall–Kier alpha value is -2.70. The van der Waals surface area contributed by atoms with E-state index in [1.807, 2.05) is 24.3 Å². The molecule has 0 atom stereocenters. The van der Waals surface area contributed by atoms with Crippen molar-refractivity contribution in [2.75, 3.05) is 5.73 Å². The van der Waals surface area contributed by atoms with E-state index in [4.69, 9.17) is 33.4 Å². The average Bonchev–Trinajstić information content (AvgIpc) is 3.03. The topological polar surface area (TPSA) is 90.7 Å². The smallest absolute Gasteiger partial charge is 0.270 e. The number of nitrogen functional groups attached to an aromatic ring is 1. The van der Waals surface area contributed by atoms with Gasteiger partial charge < -0.3 is 10.2 Å². The van der Waals surface area contributed by atoms with Crippen molar-refractivity contribution in [3.05, 3.63) is 52.5 Å². The molecule has 0 amide bonds. The Labute approximate surface area is 146 Å². The predicted molar refractivity (Wildman–Crippen MR) is 92.7 cm³/mol. The molecule has 2 heterocycles. The molecular formula is C16H9Cl2N5O. The molecule has 0 saturated heterocycles. The maximum Gasteiger partial charge on any atom is 0.270 e. The average molecular weight is 358 g/mol. The number of nitrogens with two attached hydrogens (primary N) is 1. The van der Waals surface area contributed by atoms with E-state index in [1.165, 1.54) is 0 Å². The number of rotatable bonds is 2. The van der Waals surface area contributed by atoms with Gasteiger partial charge in [-0.25, -0.2) is 9.97 Å². The first-order valence-electron chi connectivity index (χ1n) is 6.93. The van der Waals surface area contributed by atoms with Crippen LogP contribution in [0.3, 0.4) is 0 Å². The molecule has 0 spiro atoms. The van der Waals surface area contributed by atoms with Crippen molar-refractivity contribution in [3.63, 3.8) is 0 Å². The SMILES string of the molecule is Nc1nc2ccccc2nc1-c1nnc(-c2ccc(Cl)cc2Cl)o1. The van der Waals surface area contributed by atoms with E-state index in [2.05, 4.69) is 20.2 Å². The van der Waals surface area contributed by atoms with Crippen molar-refractivity contribution in [1.82, 2.24) is 20.2 Å². The van der Waals surface area contributed by atoms with Gasteiger partial charge in [-0.2, -0.15) is 0 Å². The van der Waals surface area contributed by atoms with Crippen molar-refractivity contribution < 1.29 is 4.42 Å². The van der Waals surface area contributed by atoms with Crippen LogP contribution in [0.2, 0.25) is 10.0 Å². The third-order valence-corrected chi connectivity index (χ3v) is 3.93. The van der Waals surface area contributed by atoms with E-state index in [0.29, 0.717) is 32.3 Å². The standard InChI is InChI=1S/C16H9Cl2N5O/c17-8-5-6-9(10(18)7-8)15-22-23-16(24-15)13-14(19)21-12-4-2-1-3-11(12)20-13/h1-7H,(H2,19,21). The van der Waals surface area contributed by atoms with Gasteiger partial charge in [0.15, 0.2) is 11.5 Å². The summed E-state index contributed by atoms with van der Waals surface area (Å²) < 4.78 is 5.67. The van der Waals surface area contributed by atoms with Crippen LogP contribution in [0.1, 0.15) is 0 Å². The van der Waals surface area contributed by atoms with Crippen LogP contribution in [0.4, 0.5) is 5.82 Å². The zero-order valence-corrected chi connectivity index (χ0v) is 13.6. The summed E-state index contributed by atoms with van der Waals surface area (Å²) in [4.78, 5) is 8.76. The quantitative estimate of drug-likeness (QED) is 0.576. The van der Waals surface area contributed by atoms with Gasteiger partial charge in [-0.05, 0) is 30.3 Å². The molecular weight excluding hydrogens is 349 g/mol. The van der Waals surface area contributed by atoms with Crippen LogP contribution in [0.5, 0.6) is 0 Å². The molecule has 4 rings (SSSR count). The summed E-state index contributed by atoms with van der Waals surface area (Å²) in [7, 11) is 0. The van der Waals surface area contributed by atoms with Crippen LogP contribution < -0.4 is 5.73 Å². The van der Waals surface area contributed by atoms with E-state index in [1.54, 1.807) is 18.2 Å². The van der Waals surface area contributed by atoms with Crippen molar-refractivity contribution in [3.8, 4) is 23.0 Å². The predicted octanol–water partition coefficient (Wildman–Crippen LogP) is 4.24. The second-order valence-corrected chi connectivity index (χ2v) is 5.83. The van der Waals surface area contributed by atoms with Crippen LogP contribution in [0.25, 0.3) is 34.1 Å². The Balaban J connectivity index is 1.81. The minimum atomic E-state index is 0.173. The summed E-state index contributed by atoms with van der Waals surface area (Å²) in [5.41, 5.74) is 8.26. The van der Waals surface area contributed by atoms with E-state index < -0.39 is 0 Å². The first-order chi connectivity index (χ1) is 11.6. The first kappa shape index (κ1) is 14.9. The fraction of sp³-hybridized carbons (Fsp3) is 0. The molecule has 0 radical (unpaired) electrons. The Morgan fingerprint density at radius 2 is 1.58 bits per heavy atom. The van der Waals surface area contributed by atoms with Crippen LogP contribution in [0, 0.1) is 0 Å². The summed E-state index contributed by atoms with van der Waals surface area (Å²) >= 11 is 12.1. The summed E-state index contributed by atoms with van der Waals surface area (Å²) in [6.45, 7) is 0. The van der Waals surface area contributed by atoms with Gasteiger partial charge in [0, 0.05) is 5.02 Å². The summed E-state index contributed by atoms with van der Waals surface area (Å²) in [6.07, 6.45) is 0. The Morgan fingerprint density at radius 3 is 2.33 bits per heavy atom. The third kappa shape index (κ3) is 2.55. The molecule has 4 aromatic rings. The number of para-hydroxylation sites is 2. The molecule has 0 saturated carbocycles. The maximum absolute atomic E-state index is 6.16. The molecule has 0 bridgehead atoms. The second kappa shape index (κ2) is 5.74. The maximum atomic E-state index is 6.16. The molecule has 6 nitrogen and oxygen atoms in total. The molecule has 2 aromatic heterocycles. The summed E-state index contributed by atoms with van der Waals surface area (Å²) in [5, 5.41) is 8.94. The van der Waals surface area contributed by atoms with E-state index in [-0.39, 0.29) is 17.6 Å². The molecule has 24 heavy (non-hydrogen) atoms. The zero-order chi connectivity index (χ0) is 16.7. The minimum absolute atomic E-state index is 0.173. The van der Waals surface area contributed by atoms with Crippen LogP contribution >= 0.6 is 23.2 Å². The highest BCUT2D eigenvalue weighted by molar-refractivity contribution is 6.36. The van der Waals surface area contributed by atoms with Crippen molar-refractivity contribution >= 4 is 40.1 Å². The molecule has 2 N–H and O–H groups in total. The van der Waals surface area contributed by atoms with E-state index in [9.17, 15) is 0 Å². The van der Waals surface area contributed by atoms with Gasteiger partial charge in [-0.15, -0.1) is 10.2 Å². The molecule has 0 aliphatic carbocycles. The molecule has 118 valence electrons. The van der Waals surface area contributed by atoms with Gasteiger partial charge in [-0.1, -0.05) is 35.3 Å². The molecule has 0 aliphatic heterocycles. The van der Waals surface area contributed by atoms with Crippen molar-refractivity contribution in [1.29, 1.82) is 0 Å². The lowest BCUT2D eigenvalue weighted by atomic mass is 10.2. The van der Waals surface area contributed by atoms with Gasteiger partial charge in [0.2, 0.25) is 5.89 Å². The van der Waals surface area contributed by atoms with E-state index in [0.717, 1.165) is 0 Å². The molecule has 8 heteroatoms. The molecule has 0 unspecified atom stereocenters. The third-order valence-electron chi connectivity index (χ3n) is 3.39. The Kier molecular flexibility index (Phi) is 3.55. The Bertz CT molecular complexity index is 1060. The molecule has 2 aromatic carbocycles. The minimum Gasteiger partial charge on any atom is -0.414 e. The number of hydrogen-bond donors (Lipinski definition) is 1. The van der Waals surface area contributed by atoms with Crippen molar-refractivity contribution in [2.45, 2.75) is 0 Å². The highest BCUT2D eigenvalue weighted by atomic mass is 35.5. The normalized spacial score (nSPS) is 11.1.